The molecule has 2 amide bonds. The van der Waals surface area contributed by atoms with E-state index in [1.165, 1.54) is 0 Å². The van der Waals surface area contributed by atoms with Crippen LogP contribution in [0.25, 0.3) is 5.65 Å². The third-order valence-electron chi connectivity index (χ3n) is 3.59. The molecule has 3 aromatic rings. The van der Waals surface area contributed by atoms with Crippen LogP contribution in [0, 0.1) is 0 Å². The fraction of sp³-hybridized carbons (Fsp3) is 0.188. The zero-order chi connectivity index (χ0) is 17.2. The molecule has 24 heavy (non-hydrogen) atoms. The summed E-state index contributed by atoms with van der Waals surface area (Å²) in [5.74, 6) is 0.292. The summed E-state index contributed by atoms with van der Waals surface area (Å²) in [4.78, 5) is 12.1. The van der Waals surface area contributed by atoms with E-state index in [-0.39, 0.29) is 6.54 Å². The highest BCUT2D eigenvalue weighted by atomic mass is 35.5. The number of hydrogen-bond acceptors (Lipinski definition) is 4. The van der Waals surface area contributed by atoms with Crippen LogP contribution in [0.2, 0.25) is 5.02 Å². The number of aromatic nitrogens is 3. The van der Waals surface area contributed by atoms with Crippen LogP contribution in [-0.2, 0) is 5.60 Å². The Morgan fingerprint density at radius 2 is 2.00 bits per heavy atom. The smallest absolute Gasteiger partial charge is 0.321 e. The molecule has 7 nitrogen and oxygen atoms in total. The highest BCUT2D eigenvalue weighted by Gasteiger charge is 2.26. The van der Waals surface area contributed by atoms with Gasteiger partial charge in [0.1, 0.15) is 5.60 Å². The van der Waals surface area contributed by atoms with E-state index in [0.29, 0.717) is 22.2 Å². The Balaban J connectivity index is 1.66. The number of nitrogens with zero attached hydrogens (tertiary/aromatic N) is 3. The highest BCUT2D eigenvalue weighted by molar-refractivity contribution is 6.31. The summed E-state index contributed by atoms with van der Waals surface area (Å²) < 4.78 is 1.64. The summed E-state index contributed by atoms with van der Waals surface area (Å²) in [6.45, 7) is 1.57. The number of anilines is 1. The molecule has 0 saturated heterocycles. The standard InChI is InChI=1S/C16H16ClN5O2/c1-16(24,11-6-2-3-7-12(11)17)10-18-15(23)19-14-21-20-13-8-4-5-9-22(13)14/h2-9,24H,10H2,1H3,(H2,18,19,21,23). The molecule has 3 rings (SSSR count). The number of urea groups is 1. The molecule has 2 heterocycles. The predicted octanol–water partition coefficient (Wildman–Crippen LogP) is 2.41. The fourth-order valence-corrected chi connectivity index (χ4v) is 2.66. The van der Waals surface area contributed by atoms with E-state index in [1.807, 2.05) is 12.1 Å². The molecule has 0 aliphatic heterocycles. The molecule has 0 radical (unpaired) electrons. The van der Waals surface area contributed by atoms with Crippen LogP contribution in [0.1, 0.15) is 12.5 Å². The summed E-state index contributed by atoms with van der Waals surface area (Å²) >= 11 is 6.09. The minimum Gasteiger partial charge on any atom is -0.384 e. The third kappa shape index (κ3) is 3.32. The van der Waals surface area contributed by atoms with Crippen molar-refractivity contribution < 1.29 is 9.90 Å². The van der Waals surface area contributed by atoms with Gasteiger partial charge in [-0.2, -0.15) is 0 Å². The molecule has 0 saturated carbocycles. The third-order valence-corrected chi connectivity index (χ3v) is 3.92. The minimum atomic E-state index is -1.30. The number of rotatable bonds is 4. The van der Waals surface area contributed by atoms with Crippen LogP contribution >= 0.6 is 11.6 Å². The van der Waals surface area contributed by atoms with Crippen LogP contribution < -0.4 is 10.6 Å². The van der Waals surface area contributed by atoms with Crippen LogP contribution in [0.15, 0.2) is 48.7 Å². The van der Waals surface area contributed by atoms with Gasteiger partial charge in [-0.1, -0.05) is 35.9 Å². The Morgan fingerprint density at radius 1 is 1.25 bits per heavy atom. The van der Waals surface area contributed by atoms with Gasteiger partial charge in [-0.05, 0) is 25.1 Å². The van der Waals surface area contributed by atoms with Gasteiger partial charge >= 0.3 is 6.03 Å². The Kier molecular flexibility index (Phi) is 4.37. The zero-order valence-electron chi connectivity index (χ0n) is 12.9. The maximum atomic E-state index is 12.1. The van der Waals surface area contributed by atoms with Crippen molar-refractivity contribution in [3.8, 4) is 0 Å². The number of aliphatic hydroxyl groups is 1. The number of nitrogens with one attached hydrogen (secondary N) is 2. The Morgan fingerprint density at radius 3 is 2.79 bits per heavy atom. The first kappa shape index (κ1) is 16.2. The summed E-state index contributed by atoms with van der Waals surface area (Å²) in [6.07, 6.45) is 1.74. The fourth-order valence-electron chi connectivity index (χ4n) is 2.32. The predicted molar refractivity (Wildman–Crippen MR) is 91.0 cm³/mol. The molecule has 1 unspecified atom stereocenters. The molecule has 0 bridgehead atoms. The second kappa shape index (κ2) is 6.46. The second-order valence-corrected chi connectivity index (χ2v) is 5.92. The van der Waals surface area contributed by atoms with E-state index in [4.69, 9.17) is 11.6 Å². The van der Waals surface area contributed by atoms with Crippen molar-refractivity contribution in [3.05, 3.63) is 59.2 Å². The van der Waals surface area contributed by atoms with Crippen molar-refractivity contribution in [2.45, 2.75) is 12.5 Å². The summed E-state index contributed by atoms with van der Waals surface area (Å²) in [7, 11) is 0. The van der Waals surface area contributed by atoms with Crippen LogP contribution in [0.5, 0.6) is 0 Å². The number of carbonyl (C=O) groups is 1. The topological polar surface area (TPSA) is 91.5 Å². The number of fused-ring (bicyclic) bond motifs is 1. The zero-order valence-corrected chi connectivity index (χ0v) is 13.7. The monoisotopic (exact) mass is 345 g/mol. The molecular formula is C16H16ClN5O2. The van der Waals surface area contributed by atoms with E-state index in [0.717, 1.165) is 0 Å². The van der Waals surface area contributed by atoms with Gasteiger partial charge in [0.05, 0.1) is 6.54 Å². The lowest BCUT2D eigenvalue weighted by molar-refractivity contribution is 0.0600. The first-order chi connectivity index (χ1) is 11.5. The number of hydrogen-bond donors (Lipinski definition) is 3. The summed E-state index contributed by atoms with van der Waals surface area (Å²) in [6, 6.07) is 11.9. The number of carbonyl (C=O) groups excluding carboxylic acids is 1. The lowest BCUT2D eigenvalue weighted by atomic mass is 9.96. The van der Waals surface area contributed by atoms with Gasteiger partial charge in [0, 0.05) is 16.8 Å². The lowest BCUT2D eigenvalue weighted by Crippen LogP contribution is -2.41. The molecule has 0 aliphatic rings. The first-order valence-corrected chi connectivity index (χ1v) is 7.67. The Bertz CT molecular complexity index is 878. The van der Waals surface area contributed by atoms with Crippen LogP contribution in [0.3, 0.4) is 0 Å². The molecule has 0 spiro atoms. The maximum absolute atomic E-state index is 12.1. The van der Waals surface area contributed by atoms with Gasteiger partial charge in [0.2, 0.25) is 5.95 Å². The van der Waals surface area contributed by atoms with Gasteiger partial charge in [-0.15, -0.1) is 10.2 Å². The van der Waals surface area contributed by atoms with Crippen molar-refractivity contribution >= 4 is 29.2 Å². The SMILES string of the molecule is CC(O)(CNC(=O)Nc1nnc2ccccn12)c1ccccc1Cl. The summed E-state index contributed by atoms with van der Waals surface area (Å²) in [5, 5.41) is 24.1. The molecule has 0 fully saturated rings. The molecule has 0 aliphatic carbocycles. The van der Waals surface area contributed by atoms with Crippen molar-refractivity contribution in [3.63, 3.8) is 0 Å². The number of halogens is 1. The van der Waals surface area contributed by atoms with Gasteiger partial charge in [0.15, 0.2) is 5.65 Å². The van der Waals surface area contributed by atoms with Crippen LogP contribution in [0.4, 0.5) is 10.7 Å². The number of benzene rings is 1. The largest absolute Gasteiger partial charge is 0.384 e. The number of pyridine rings is 1. The maximum Gasteiger partial charge on any atom is 0.321 e. The van der Waals surface area contributed by atoms with Crippen molar-refractivity contribution in [2.75, 3.05) is 11.9 Å². The van der Waals surface area contributed by atoms with Gasteiger partial charge in [-0.3, -0.25) is 9.72 Å². The number of amides is 2. The molecule has 1 aromatic carbocycles. The van der Waals surface area contributed by atoms with Gasteiger partial charge < -0.3 is 10.4 Å². The lowest BCUT2D eigenvalue weighted by Gasteiger charge is -2.25. The van der Waals surface area contributed by atoms with E-state index in [9.17, 15) is 9.90 Å². The van der Waals surface area contributed by atoms with Gasteiger partial charge in [-0.25, -0.2) is 4.79 Å². The molecule has 3 N–H and O–H groups in total. The molecule has 2 aromatic heterocycles. The summed E-state index contributed by atoms with van der Waals surface area (Å²) in [5.41, 5.74) is -0.140. The normalized spacial score (nSPS) is 13.5. The second-order valence-electron chi connectivity index (χ2n) is 5.51. The minimum absolute atomic E-state index is 0.0146. The Hall–Kier alpha value is -2.64. The van der Waals surface area contributed by atoms with Crippen LogP contribution in [-0.4, -0.2) is 32.3 Å². The molecular weight excluding hydrogens is 330 g/mol. The van der Waals surface area contributed by atoms with Gasteiger partial charge in [0.25, 0.3) is 0 Å². The quantitative estimate of drug-likeness (QED) is 0.677. The van der Waals surface area contributed by atoms with Crippen molar-refractivity contribution in [1.82, 2.24) is 19.9 Å². The average molecular weight is 346 g/mol. The molecule has 124 valence electrons. The highest BCUT2D eigenvalue weighted by Crippen LogP contribution is 2.27. The molecule has 1 atom stereocenters. The Labute approximate surface area is 143 Å². The molecule has 8 heteroatoms. The van der Waals surface area contributed by atoms with E-state index in [1.54, 1.807) is 47.9 Å². The first-order valence-electron chi connectivity index (χ1n) is 7.29. The van der Waals surface area contributed by atoms with E-state index in [2.05, 4.69) is 20.8 Å². The van der Waals surface area contributed by atoms with E-state index >= 15 is 0 Å². The average Bonchev–Trinajstić information content (AvgIpc) is 2.97. The van der Waals surface area contributed by atoms with Crippen molar-refractivity contribution in [2.24, 2.45) is 0 Å². The van der Waals surface area contributed by atoms with E-state index < -0.39 is 11.6 Å². The van der Waals surface area contributed by atoms with Crippen molar-refractivity contribution in [1.29, 1.82) is 0 Å².